The SMILES string of the molecule is CCCCNc1cc2c(ncn2CCCCNC(C)(C)C)c(N)n1. The molecule has 4 N–H and O–H groups in total. The van der Waals surface area contributed by atoms with Gasteiger partial charge < -0.3 is 20.9 Å². The first kappa shape index (κ1) is 18.5. The Labute approximate surface area is 145 Å². The van der Waals surface area contributed by atoms with Crippen molar-refractivity contribution in [2.24, 2.45) is 0 Å². The van der Waals surface area contributed by atoms with Gasteiger partial charge in [-0.15, -0.1) is 0 Å². The summed E-state index contributed by atoms with van der Waals surface area (Å²) in [6.45, 7) is 11.7. The van der Waals surface area contributed by atoms with Gasteiger partial charge in [-0.25, -0.2) is 9.97 Å². The summed E-state index contributed by atoms with van der Waals surface area (Å²) in [7, 11) is 0. The summed E-state index contributed by atoms with van der Waals surface area (Å²) in [5.74, 6) is 1.34. The Morgan fingerprint density at radius 1 is 1.17 bits per heavy atom. The van der Waals surface area contributed by atoms with Crippen LogP contribution in [0.25, 0.3) is 11.0 Å². The molecule has 24 heavy (non-hydrogen) atoms. The van der Waals surface area contributed by atoms with E-state index in [-0.39, 0.29) is 5.54 Å². The number of nitrogens with zero attached hydrogens (tertiary/aromatic N) is 3. The number of pyridine rings is 1. The summed E-state index contributed by atoms with van der Waals surface area (Å²) >= 11 is 0. The molecule has 0 radical (unpaired) electrons. The van der Waals surface area contributed by atoms with Crippen LogP contribution in [0.3, 0.4) is 0 Å². The number of anilines is 2. The van der Waals surface area contributed by atoms with Gasteiger partial charge in [0.05, 0.1) is 11.8 Å². The molecule has 6 heteroatoms. The number of aromatic nitrogens is 3. The highest BCUT2D eigenvalue weighted by atomic mass is 15.1. The van der Waals surface area contributed by atoms with E-state index in [1.807, 2.05) is 6.33 Å². The molecule has 0 bridgehead atoms. The van der Waals surface area contributed by atoms with E-state index in [2.05, 4.69) is 58.9 Å². The summed E-state index contributed by atoms with van der Waals surface area (Å²) in [6, 6.07) is 2.06. The van der Waals surface area contributed by atoms with E-state index in [1.54, 1.807) is 0 Å². The number of nitrogen functional groups attached to an aromatic ring is 1. The summed E-state index contributed by atoms with van der Waals surface area (Å²) < 4.78 is 2.18. The van der Waals surface area contributed by atoms with Crippen LogP contribution in [0.4, 0.5) is 11.6 Å². The van der Waals surface area contributed by atoms with Gasteiger partial charge in [0.25, 0.3) is 0 Å². The average molecular weight is 332 g/mol. The maximum atomic E-state index is 6.06. The lowest BCUT2D eigenvalue weighted by molar-refractivity contribution is 0.414. The molecule has 0 aliphatic heterocycles. The fourth-order valence-electron chi connectivity index (χ4n) is 2.62. The first-order valence-corrected chi connectivity index (χ1v) is 9.01. The number of hydrogen-bond acceptors (Lipinski definition) is 5. The minimum Gasteiger partial charge on any atom is -0.382 e. The first-order chi connectivity index (χ1) is 11.4. The standard InChI is InChI=1S/C18H32N6/c1-5-6-9-20-15-12-14-16(17(19)23-15)21-13-24(14)11-8-7-10-22-18(2,3)4/h12-13,22H,5-11H2,1-4H3,(H3,19,20,23). The zero-order valence-corrected chi connectivity index (χ0v) is 15.5. The van der Waals surface area contributed by atoms with Crippen LogP contribution in [0, 0.1) is 0 Å². The molecule has 0 saturated heterocycles. The Kier molecular flexibility index (Phi) is 6.43. The van der Waals surface area contributed by atoms with Gasteiger partial charge in [-0.1, -0.05) is 13.3 Å². The van der Waals surface area contributed by atoms with Crippen molar-refractivity contribution < 1.29 is 0 Å². The summed E-state index contributed by atoms with van der Waals surface area (Å²) in [5, 5.41) is 6.87. The summed E-state index contributed by atoms with van der Waals surface area (Å²) in [4.78, 5) is 8.83. The Balaban J connectivity index is 1.97. The molecular formula is C18H32N6. The Hall–Kier alpha value is -1.82. The molecule has 0 aliphatic rings. The molecule has 2 aromatic heterocycles. The topological polar surface area (TPSA) is 80.8 Å². The maximum Gasteiger partial charge on any atom is 0.154 e. The van der Waals surface area contributed by atoms with Gasteiger partial charge in [0.1, 0.15) is 11.3 Å². The molecule has 0 fully saturated rings. The number of nitrogens with two attached hydrogens (primary N) is 1. The van der Waals surface area contributed by atoms with Crippen LogP contribution in [0.2, 0.25) is 0 Å². The molecule has 0 spiro atoms. The molecule has 2 rings (SSSR count). The van der Waals surface area contributed by atoms with Crippen molar-refractivity contribution in [2.75, 3.05) is 24.1 Å². The molecule has 2 aromatic rings. The molecule has 0 unspecified atom stereocenters. The number of nitrogens with one attached hydrogen (secondary N) is 2. The van der Waals surface area contributed by atoms with Crippen molar-refractivity contribution in [3.8, 4) is 0 Å². The second-order valence-electron chi connectivity index (χ2n) is 7.36. The predicted octanol–water partition coefficient (Wildman–Crippen LogP) is 3.39. The van der Waals surface area contributed by atoms with E-state index in [1.165, 1.54) is 0 Å². The zero-order chi connectivity index (χ0) is 17.6. The minimum absolute atomic E-state index is 0.181. The lowest BCUT2D eigenvalue weighted by Gasteiger charge is -2.20. The number of aryl methyl sites for hydroxylation is 1. The van der Waals surface area contributed by atoms with E-state index in [0.29, 0.717) is 5.82 Å². The van der Waals surface area contributed by atoms with Crippen LogP contribution in [0.15, 0.2) is 12.4 Å². The highest BCUT2D eigenvalue weighted by Crippen LogP contribution is 2.22. The number of rotatable bonds is 9. The van der Waals surface area contributed by atoms with Gasteiger partial charge in [-0.2, -0.15) is 0 Å². The molecule has 0 aliphatic carbocycles. The van der Waals surface area contributed by atoms with E-state index in [4.69, 9.17) is 5.73 Å². The van der Waals surface area contributed by atoms with Gasteiger partial charge in [-0.3, -0.25) is 0 Å². The Bertz CT molecular complexity index is 641. The van der Waals surface area contributed by atoms with E-state index in [0.717, 1.165) is 62.2 Å². The molecule has 0 aromatic carbocycles. The normalized spacial score (nSPS) is 12.0. The quantitative estimate of drug-likeness (QED) is 0.613. The van der Waals surface area contributed by atoms with Gasteiger partial charge in [0.15, 0.2) is 5.82 Å². The van der Waals surface area contributed by atoms with E-state index < -0.39 is 0 Å². The maximum absolute atomic E-state index is 6.06. The van der Waals surface area contributed by atoms with E-state index >= 15 is 0 Å². The number of hydrogen-bond donors (Lipinski definition) is 3. The molecular weight excluding hydrogens is 300 g/mol. The number of imidazole rings is 1. The van der Waals surface area contributed by atoms with Crippen molar-refractivity contribution in [1.29, 1.82) is 0 Å². The number of fused-ring (bicyclic) bond motifs is 1. The lowest BCUT2D eigenvalue weighted by Crippen LogP contribution is -2.36. The third-order valence-corrected chi connectivity index (χ3v) is 3.95. The van der Waals surface area contributed by atoms with Gasteiger partial charge in [-0.05, 0) is 46.6 Å². The fourth-order valence-corrected chi connectivity index (χ4v) is 2.62. The largest absolute Gasteiger partial charge is 0.382 e. The third-order valence-electron chi connectivity index (χ3n) is 3.95. The van der Waals surface area contributed by atoms with Crippen LogP contribution in [-0.4, -0.2) is 33.2 Å². The van der Waals surface area contributed by atoms with Crippen LogP contribution in [0.1, 0.15) is 53.4 Å². The molecule has 134 valence electrons. The average Bonchev–Trinajstić information content (AvgIpc) is 2.90. The first-order valence-electron chi connectivity index (χ1n) is 9.01. The Morgan fingerprint density at radius 2 is 1.96 bits per heavy atom. The Morgan fingerprint density at radius 3 is 2.67 bits per heavy atom. The van der Waals surface area contributed by atoms with Crippen molar-refractivity contribution in [1.82, 2.24) is 19.9 Å². The van der Waals surface area contributed by atoms with Crippen molar-refractivity contribution in [3.05, 3.63) is 12.4 Å². The van der Waals surface area contributed by atoms with Gasteiger partial charge >= 0.3 is 0 Å². The monoisotopic (exact) mass is 332 g/mol. The second-order valence-corrected chi connectivity index (χ2v) is 7.36. The van der Waals surface area contributed by atoms with Crippen molar-refractivity contribution >= 4 is 22.7 Å². The summed E-state index contributed by atoms with van der Waals surface area (Å²) in [5.41, 5.74) is 8.10. The van der Waals surface area contributed by atoms with Gasteiger partial charge in [0.2, 0.25) is 0 Å². The second kappa shape index (κ2) is 8.33. The van der Waals surface area contributed by atoms with Crippen LogP contribution < -0.4 is 16.4 Å². The van der Waals surface area contributed by atoms with Crippen molar-refractivity contribution in [3.63, 3.8) is 0 Å². The molecule has 0 atom stereocenters. The smallest absolute Gasteiger partial charge is 0.154 e. The molecule has 6 nitrogen and oxygen atoms in total. The van der Waals surface area contributed by atoms with Crippen molar-refractivity contribution in [2.45, 2.75) is 65.5 Å². The lowest BCUT2D eigenvalue weighted by atomic mass is 10.1. The predicted molar refractivity (Wildman–Crippen MR) is 102 cm³/mol. The highest BCUT2D eigenvalue weighted by molar-refractivity contribution is 5.87. The minimum atomic E-state index is 0.181. The summed E-state index contributed by atoms with van der Waals surface area (Å²) in [6.07, 6.45) is 6.40. The van der Waals surface area contributed by atoms with Crippen LogP contribution in [-0.2, 0) is 6.54 Å². The fraction of sp³-hybridized carbons (Fsp3) is 0.667. The van der Waals surface area contributed by atoms with Crippen LogP contribution in [0.5, 0.6) is 0 Å². The number of unbranched alkanes of at least 4 members (excludes halogenated alkanes) is 2. The van der Waals surface area contributed by atoms with Crippen LogP contribution >= 0.6 is 0 Å². The molecule has 0 saturated carbocycles. The third kappa shape index (κ3) is 5.37. The van der Waals surface area contributed by atoms with Gasteiger partial charge in [0, 0.05) is 24.7 Å². The molecule has 0 amide bonds. The molecule has 2 heterocycles. The highest BCUT2D eigenvalue weighted by Gasteiger charge is 2.10. The van der Waals surface area contributed by atoms with E-state index in [9.17, 15) is 0 Å². The zero-order valence-electron chi connectivity index (χ0n) is 15.5.